The van der Waals surface area contributed by atoms with E-state index in [0.29, 0.717) is 19.0 Å². The molecule has 5 heteroatoms. The molecule has 1 aromatic rings. The molecule has 1 unspecified atom stereocenters. The Labute approximate surface area is 125 Å². The van der Waals surface area contributed by atoms with Gasteiger partial charge in [0.2, 0.25) is 5.91 Å². The highest BCUT2D eigenvalue weighted by Gasteiger charge is 2.31. The van der Waals surface area contributed by atoms with E-state index in [-0.39, 0.29) is 24.5 Å². The van der Waals surface area contributed by atoms with Gasteiger partial charge in [-0.1, -0.05) is 38.1 Å². The molecule has 114 valence electrons. The molecule has 1 fully saturated rings. The third-order valence-corrected chi connectivity index (χ3v) is 3.78. The van der Waals surface area contributed by atoms with Gasteiger partial charge in [-0.3, -0.25) is 14.9 Å². The van der Waals surface area contributed by atoms with Crippen LogP contribution in [0.2, 0.25) is 0 Å². The molecular formula is C16H22N2O3. The molecule has 1 amide bonds. The maximum Gasteiger partial charge on any atom is 0.307 e. The molecule has 0 aromatic heterocycles. The predicted molar refractivity (Wildman–Crippen MR) is 79.6 cm³/mol. The summed E-state index contributed by atoms with van der Waals surface area (Å²) >= 11 is 0. The standard InChI is InChI=1S/C16H22N2O3/c1-11(2)12-4-6-13(7-5-12)16-17-10-14(19)18(16)9-8-15(20)21-3/h4-7,11,16-17H,8-10H2,1-3H3. The lowest BCUT2D eigenvalue weighted by Gasteiger charge is -2.24. The SMILES string of the molecule is COC(=O)CCN1C(=O)CNC1c1ccc(C(C)C)cc1. The summed E-state index contributed by atoms with van der Waals surface area (Å²) in [5.74, 6) is 0.188. The van der Waals surface area contributed by atoms with Gasteiger partial charge in [-0.2, -0.15) is 0 Å². The normalized spacial score (nSPS) is 18.4. The molecular weight excluding hydrogens is 268 g/mol. The van der Waals surface area contributed by atoms with Crippen molar-refractivity contribution in [3.8, 4) is 0 Å². The average Bonchev–Trinajstić information content (AvgIpc) is 2.85. The van der Waals surface area contributed by atoms with E-state index in [1.807, 2.05) is 12.1 Å². The molecule has 0 radical (unpaired) electrons. The van der Waals surface area contributed by atoms with E-state index in [9.17, 15) is 9.59 Å². The van der Waals surface area contributed by atoms with E-state index in [4.69, 9.17) is 0 Å². The summed E-state index contributed by atoms with van der Waals surface area (Å²) in [5, 5.41) is 3.19. The van der Waals surface area contributed by atoms with Crippen molar-refractivity contribution in [2.24, 2.45) is 0 Å². The number of esters is 1. The van der Waals surface area contributed by atoms with Crippen molar-refractivity contribution < 1.29 is 14.3 Å². The third-order valence-electron chi connectivity index (χ3n) is 3.78. The van der Waals surface area contributed by atoms with Crippen LogP contribution in [-0.2, 0) is 14.3 Å². The monoisotopic (exact) mass is 290 g/mol. The molecule has 0 spiro atoms. The van der Waals surface area contributed by atoms with Gasteiger partial charge >= 0.3 is 5.97 Å². The molecule has 0 aliphatic carbocycles. The molecule has 0 bridgehead atoms. The lowest BCUT2D eigenvalue weighted by atomic mass is 10.0. The zero-order valence-electron chi connectivity index (χ0n) is 12.8. The molecule has 1 N–H and O–H groups in total. The minimum absolute atomic E-state index is 0.0110. The summed E-state index contributed by atoms with van der Waals surface area (Å²) in [4.78, 5) is 24.9. The molecule has 1 aromatic carbocycles. The van der Waals surface area contributed by atoms with Gasteiger partial charge in [0, 0.05) is 6.54 Å². The predicted octanol–water partition coefficient (Wildman–Crippen LogP) is 1.80. The van der Waals surface area contributed by atoms with Crippen molar-refractivity contribution in [2.45, 2.75) is 32.4 Å². The number of carbonyl (C=O) groups excluding carboxylic acids is 2. The zero-order chi connectivity index (χ0) is 15.4. The summed E-state index contributed by atoms with van der Waals surface area (Å²) in [7, 11) is 1.36. The van der Waals surface area contributed by atoms with Gasteiger partial charge in [0.25, 0.3) is 0 Å². The minimum atomic E-state index is -0.302. The van der Waals surface area contributed by atoms with E-state index in [2.05, 4.69) is 36.0 Å². The van der Waals surface area contributed by atoms with Gasteiger partial charge in [0.1, 0.15) is 6.17 Å². The van der Waals surface area contributed by atoms with Crippen LogP contribution >= 0.6 is 0 Å². The number of nitrogens with zero attached hydrogens (tertiary/aromatic N) is 1. The van der Waals surface area contributed by atoms with Gasteiger partial charge in [0.05, 0.1) is 20.1 Å². The van der Waals surface area contributed by atoms with Crippen LogP contribution in [0.1, 0.15) is 43.5 Å². The quantitative estimate of drug-likeness (QED) is 0.840. The van der Waals surface area contributed by atoms with Crippen LogP contribution in [-0.4, -0.2) is 37.0 Å². The Morgan fingerprint density at radius 2 is 2.05 bits per heavy atom. The fraction of sp³-hybridized carbons (Fsp3) is 0.500. The number of methoxy groups -OCH3 is 1. The van der Waals surface area contributed by atoms with Crippen molar-refractivity contribution in [2.75, 3.05) is 20.2 Å². The number of rotatable bonds is 5. The van der Waals surface area contributed by atoms with E-state index >= 15 is 0 Å². The third kappa shape index (κ3) is 3.61. The van der Waals surface area contributed by atoms with Crippen molar-refractivity contribution in [1.82, 2.24) is 10.2 Å². The summed E-state index contributed by atoms with van der Waals surface area (Å²) in [5.41, 5.74) is 2.30. The first-order chi connectivity index (χ1) is 10.0. The van der Waals surface area contributed by atoms with E-state index in [0.717, 1.165) is 5.56 Å². The number of amides is 1. The van der Waals surface area contributed by atoms with Crippen LogP contribution in [0.15, 0.2) is 24.3 Å². The molecule has 0 saturated carbocycles. The number of nitrogens with one attached hydrogen (secondary N) is 1. The average molecular weight is 290 g/mol. The van der Waals surface area contributed by atoms with Gasteiger partial charge in [-0.15, -0.1) is 0 Å². The second kappa shape index (κ2) is 6.72. The fourth-order valence-corrected chi connectivity index (χ4v) is 2.47. The molecule has 1 aliphatic heterocycles. The maximum atomic E-state index is 11.9. The van der Waals surface area contributed by atoms with Crippen LogP contribution in [0.4, 0.5) is 0 Å². The minimum Gasteiger partial charge on any atom is -0.469 e. The molecule has 1 atom stereocenters. The first kappa shape index (κ1) is 15.5. The van der Waals surface area contributed by atoms with Crippen molar-refractivity contribution >= 4 is 11.9 Å². The van der Waals surface area contributed by atoms with Crippen molar-refractivity contribution in [3.63, 3.8) is 0 Å². The highest BCUT2D eigenvalue weighted by Crippen LogP contribution is 2.24. The summed E-state index contributed by atoms with van der Waals surface area (Å²) in [6, 6.07) is 8.25. The topological polar surface area (TPSA) is 58.6 Å². The molecule has 5 nitrogen and oxygen atoms in total. The van der Waals surface area contributed by atoms with E-state index in [1.54, 1.807) is 4.90 Å². The van der Waals surface area contributed by atoms with Gasteiger partial charge in [-0.25, -0.2) is 0 Å². The lowest BCUT2D eigenvalue weighted by Crippen LogP contribution is -2.32. The van der Waals surface area contributed by atoms with Crippen LogP contribution in [0, 0.1) is 0 Å². The Balaban J connectivity index is 2.09. The molecule has 1 saturated heterocycles. The fourth-order valence-electron chi connectivity index (χ4n) is 2.47. The maximum absolute atomic E-state index is 11.9. The molecule has 21 heavy (non-hydrogen) atoms. The van der Waals surface area contributed by atoms with Gasteiger partial charge in [-0.05, 0) is 17.0 Å². The highest BCUT2D eigenvalue weighted by atomic mass is 16.5. The van der Waals surface area contributed by atoms with Crippen LogP contribution in [0.5, 0.6) is 0 Å². The number of hydrogen-bond donors (Lipinski definition) is 1. The highest BCUT2D eigenvalue weighted by molar-refractivity contribution is 5.81. The Kier molecular flexibility index (Phi) is 4.96. The van der Waals surface area contributed by atoms with Crippen LogP contribution < -0.4 is 5.32 Å². The first-order valence-corrected chi connectivity index (χ1v) is 7.22. The summed E-state index contributed by atoms with van der Waals surface area (Å²) in [6.45, 7) is 4.97. The first-order valence-electron chi connectivity index (χ1n) is 7.22. The van der Waals surface area contributed by atoms with Crippen molar-refractivity contribution in [3.05, 3.63) is 35.4 Å². The second-order valence-corrected chi connectivity index (χ2v) is 5.52. The van der Waals surface area contributed by atoms with Crippen LogP contribution in [0.25, 0.3) is 0 Å². The Bertz CT molecular complexity index is 511. The van der Waals surface area contributed by atoms with E-state index < -0.39 is 0 Å². The smallest absolute Gasteiger partial charge is 0.307 e. The zero-order valence-corrected chi connectivity index (χ0v) is 12.8. The van der Waals surface area contributed by atoms with Gasteiger partial charge in [0.15, 0.2) is 0 Å². The summed E-state index contributed by atoms with van der Waals surface area (Å²) < 4.78 is 4.63. The van der Waals surface area contributed by atoms with Crippen molar-refractivity contribution in [1.29, 1.82) is 0 Å². The summed E-state index contributed by atoms with van der Waals surface area (Å²) in [6.07, 6.45) is 0.0492. The molecule has 1 aliphatic rings. The lowest BCUT2D eigenvalue weighted by molar-refractivity contribution is -0.141. The number of hydrogen-bond acceptors (Lipinski definition) is 4. The Morgan fingerprint density at radius 1 is 1.38 bits per heavy atom. The molecule has 1 heterocycles. The second-order valence-electron chi connectivity index (χ2n) is 5.52. The van der Waals surface area contributed by atoms with E-state index in [1.165, 1.54) is 12.7 Å². The Morgan fingerprint density at radius 3 is 2.62 bits per heavy atom. The number of carbonyl (C=O) groups is 2. The Hall–Kier alpha value is -1.88. The van der Waals surface area contributed by atoms with Gasteiger partial charge < -0.3 is 9.64 Å². The number of benzene rings is 1. The molecule has 2 rings (SSSR count). The largest absolute Gasteiger partial charge is 0.469 e. The van der Waals surface area contributed by atoms with Crippen LogP contribution in [0.3, 0.4) is 0 Å². The number of ether oxygens (including phenoxy) is 1.